The highest BCUT2D eigenvalue weighted by molar-refractivity contribution is 5.86. The zero-order chi connectivity index (χ0) is 12.6. The normalized spacial score (nSPS) is 10.8. The maximum atomic E-state index is 11.1. The zero-order valence-electron chi connectivity index (χ0n) is 9.19. The fraction of sp³-hybridized carbons (Fsp3) is 0.500. The number of hydrogen-bond acceptors (Lipinski definition) is 5. The Hall–Kier alpha value is -1.85. The SMILES string of the molecule is CCOC(=O)CC(=CC(=O)OC)CC(=O)O. The van der Waals surface area contributed by atoms with Crippen molar-refractivity contribution in [3.63, 3.8) is 0 Å². The summed E-state index contributed by atoms with van der Waals surface area (Å²) in [6.45, 7) is 1.84. The van der Waals surface area contributed by atoms with Gasteiger partial charge in [-0.05, 0) is 12.5 Å². The summed E-state index contributed by atoms with van der Waals surface area (Å²) in [5, 5.41) is 8.57. The van der Waals surface area contributed by atoms with E-state index in [1.165, 1.54) is 7.11 Å². The van der Waals surface area contributed by atoms with Crippen LogP contribution < -0.4 is 0 Å². The molecule has 0 radical (unpaired) electrons. The minimum atomic E-state index is -1.13. The maximum Gasteiger partial charge on any atom is 0.330 e. The van der Waals surface area contributed by atoms with Crippen molar-refractivity contribution < 1.29 is 29.0 Å². The molecule has 90 valence electrons. The highest BCUT2D eigenvalue weighted by Crippen LogP contribution is 2.09. The first-order chi connectivity index (χ1) is 7.49. The van der Waals surface area contributed by atoms with Crippen LogP contribution >= 0.6 is 0 Å². The van der Waals surface area contributed by atoms with Crippen molar-refractivity contribution in [2.24, 2.45) is 0 Å². The Kier molecular flexibility index (Phi) is 6.58. The van der Waals surface area contributed by atoms with Gasteiger partial charge in [0.25, 0.3) is 0 Å². The van der Waals surface area contributed by atoms with Gasteiger partial charge in [-0.1, -0.05) is 0 Å². The molecule has 0 fully saturated rings. The molecular weight excluding hydrogens is 216 g/mol. The number of carboxylic acid groups (broad SMARTS) is 1. The lowest BCUT2D eigenvalue weighted by Crippen LogP contribution is -2.09. The number of hydrogen-bond donors (Lipinski definition) is 1. The van der Waals surface area contributed by atoms with E-state index in [4.69, 9.17) is 5.11 Å². The minimum Gasteiger partial charge on any atom is -0.481 e. The fourth-order valence-corrected chi connectivity index (χ4v) is 0.982. The summed E-state index contributed by atoms with van der Waals surface area (Å²) >= 11 is 0. The molecule has 0 aliphatic carbocycles. The average molecular weight is 230 g/mol. The summed E-state index contributed by atoms with van der Waals surface area (Å²) in [6.07, 6.45) is 0.369. The van der Waals surface area contributed by atoms with Gasteiger partial charge in [0.1, 0.15) is 0 Å². The standard InChI is InChI=1S/C10H14O6/c1-3-16-10(14)6-7(4-8(11)12)5-9(13)15-2/h5H,3-4,6H2,1-2H3,(H,11,12). The molecular formula is C10H14O6. The Labute approximate surface area is 92.8 Å². The summed E-state index contributed by atoms with van der Waals surface area (Å²) in [4.78, 5) is 32.5. The van der Waals surface area contributed by atoms with Gasteiger partial charge in [0.05, 0.1) is 26.6 Å². The van der Waals surface area contributed by atoms with Crippen LogP contribution in [0.3, 0.4) is 0 Å². The lowest BCUT2D eigenvalue weighted by atomic mass is 10.1. The van der Waals surface area contributed by atoms with Crippen LogP contribution in [0.15, 0.2) is 11.6 Å². The monoisotopic (exact) mass is 230 g/mol. The van der Waals surface area contributed by atoms with Gasteiger partial charge in [-0.25, -0.2) is 4.79 Å². The molecule has 0 aromatic carbocycles. The Balaban J connectivity index is 4.54. The van der Waals surface area contributed by atoms with E-state index in [1.54, 1.807) is 6.92 Å². The molecule has 0 aromatic rings. The Bertz CT molecular complexity index is 304. The van der Waals surface area contributed by atoms with Gasteiger partial charge in [-0.15, -0.1) is 0 Å². The second kappa shape index (κ2) is 7.44. The summed E-state index contributed by atoms with van der Waals surface area (Å²) in [5.41, 5.74) is 0.151. The van der Waals surface area contributed by atoms with Crippen molar-refractivity contribution >= 4 is 17.9 Å². The van der Waals surface area contributed by atoms with Gasteiger partial charge >= 0.3 is 17.9 Å². The highest BCUT2D eigenvalue weighted by Gasteiger charge is 2.12. The largest absolute Gasteiger partial charge is 0.481 e. The highest BCUT2D eigenvalue weighted by atomic mass is 16.5. The van der Waals surface area contributed by atoms with Gasteiger partial charge in [-0.2, -0.15) is 0 Å². The number of ether oxygens (including phenoxy) is 2. The average Bonchev–Trinajstić information content (AvgIpc) is 2.16. The maximum absolute atomic E-state index is 11.1. The third-order valence-corrected chi connectivity index (χ3v) is 1.58. The molecule has 0 atom stereocenters. The second-order valence-corrected chi connectivity index (χ2v) is 2.88. The smallest absolute Gasteiger partial charge is 0.330 e. The van der Waals surface area contributed by atoms with Crippen LogP contribution in [0.2, 0.25) is 0 Å². The molecule has 0 unspecified atom stereocenters. The van der Waals surface area contributed by atoms with Gasteiger partial charge < -0.3 is 14.6 Å². The number of methoxy groups -OCH3 is 1. The Morgan fingerprint density at radius 2 is 1.88 bits per heavy atom. The predicted molar refractivity (Wildman–Crippen MR) is 53.6 cm³/mol. The number of rotatable bonds is 6. The van der Waals surface area contributed by atoms with Crippen molar-refractivity contribution in [3.05, 3.63) is 11.6 Å². The lowest BCUT2D eigenvalue weighted by Gasteiger charge is -2.04. The van der Waals surface area contributed by atoms with E-state index in [-0.39, 0.29) is 18.6 Å². The number of carbonyl (C=O) groups excluding carboxylic acids is 2. The molecule has 0 aliphatic rings. The van der Waals surface area contributed by atoms with E-state index in [0.717, 1.165) is 6.08 Å². The van der Waals surface area contributed by atoms with E-state index >= 15 is 0 Å². The molecule has 0 aliphatic heterocycles. The van der Waals surface area contributed by atoms with Gasteiger partial charge in [0.2, 0.25) is 0 Å². The third kappa shape index (κ3) is 6.58. The van der Waals surface area contributed by atoms with Crippen LogP contribution in [0.1, 0.15) is 19.8 Å². The first-order valence-corrected chi connectivity index (χ1v) is 4.64. The Morgan fingerprint density at radius 1 is 1.25 bits per heavy atom. The molecule has 0 rings (SSSR count). The van der Waals surface area contributed by atoms with Gasteiger partial charge in [0, 0.05) is 6.08 Å². The molecule has 16 heavy (non-hydrogen) atoms. The van der Waals surface area contributed by atoms with Crippen LogP contribution in [0.5, 0.6) is 0 Å². The molecule has 6 heteroatoms. The topological polar surface area (TPSA) is 89.9 Å². The van der Waals surface area contributed by atoms with Crippen LogP contribution in [-0.4, -0.2) is 36.7 Å². The molecule has 0 saturated heterocycles. The van der Waals surface area contributed by atoms with E-state index < -0.39 is 24.3 Å². The van der Waals surface area contributed by atoms with Gasteiger partial charge in [0.15, 0.2) is 0 Å². The molecule has 0 aromatic heterocycles. The molecule has 1 N–H and O–H groups in total. The number of esters is 2. The zero-order valence-corrected chi connectivity index (χ0v) is 9.19. The lowest BCUT2D eigenvalue weighted by molar-refractivity contribution is -0.142. The van der Waals surface area contributed by atoms with Crippen molar-refractivity contribution in [1.29, 1.82) is 0 Å². The summed E-state index contributed by atoms with van der Waals surface area (Å²) in [7, 11) is 1.17. The quantitative estimate of drug-likeness (QED) is 0.528. The van der Waals surface area contributed by atoms with Crippen LogP contribution in [0.4, 0.5) is 0 Å². The number of aliphatic carboxylic acids is 1. The number of carboxylic acids is 1. The van der Waals surface area contributed by atoms with E-state index in [9.17, 15) is 14.4 Å². The fourth-order valence-electron chi connectivity index (χ4n) is 0.982. The second-order valence-electron chi connectivity index (χ2n) is 2.88. The van der Waals surface area contributed by atoms with Crippen LogP contribution in [0.25, 0.3) is 0 Å². The molecule has 0 amide bonds. The van der Waals surface area contributed by atoms with Crippen molar-refractivity contribution in [2.45, 2.75) is 19.8 Å². The predicted octanol–water partition coefficient (Wildman–Crippen LogP) is 0.514. The van der Waals surface area contributed by atoms with E-state index in [1.807, 2.05) is 0 Å². The van der Waals surface area contributed by atoms with E-state index in [0.29, 0.717) is 0 Å². The number of carbonyl (C=O) groups is 3. The van der Waals surface area contributed by atoms with Crippen LogP contribution in [-0.2, 0) is 23.9 Å². The van der Waals surface area contributed by atoms with Gasteiger partial charge in [-0.3, -0.25) is 9.59 Å². The molecule has 0 bridgehead atoms. The molecule has 0 spiro atoms. The van der Waals surface area contributed by atoms with Crippen molar-refractivity contribution in [3.8, 4) is 0 Å². The molecule has 6 nitrogen and oxygen atoms in total. The molecule has 0 heterocycles. The first-order valence-electron chi connectivity index (χ1n) is 4.64. The summed E-state index contributed by atoms with van der Waals surface area (Å²) < 4.78 is 8.99. The summed E-state index contributed by atoms with van der Waals surface area (Å²) in [5.74, 6) is -2.39. The van der Waals surface area contributed by atoms with Crippen molar-refractivity contribution in [2.75, 3.05) is 13.7 Å². The van der Waals surface area contributed by atoms with Crippen molar-refractivity contribution in [1.82, 2.24) is 0 Å². The summed E-state index contributed by atoms with van der Waals surface area (Å²) in [6, 6.07) is 0. The van der Waals surface area contributed by atoms with Crippen LogP contribution in [0, 0.1) is 0 Å². The minimum absolute atomic E-state index is 0.151. The first kappa shape index (κ1) is 14.2. The molecule has 0 saturated carbocycles. The third-order valence-electron chi connectivity index (χ3n) is 1.58. The Morgan fingerprint density at radius 3 is 2.31 bits per heavy atom. The van der Waals surface area contributed by atoms with E-state index in [2.05, 4.69) is 9.47 Å².